The van der Waals surface area contributed by atoms with Crippen molar-refractivity contribution in [1.82, 2.24) is 19.5 Å². The number of aromatic nitrogens is 4. The van der Waals surface area contributed by atoms with Crippen molar-refractivity contribution >= 4 is 39.8 Å². The van der Waals surface area contributed by atoms with E-state index in [9.17, 15) is 4.79 Å². The van der Waals surface area contributed by atoms with Crippen LogP contribution in [0.25, 0.3) is 22.2 Å². The lowest BCUT2D eigenvalue weighted by Gasteiger charge is -2.21. The number of aryl methyl sites for hydroxylation is 1. The van der Waals surface area contributed by atoms with E-state index in [1.165, 1.54) is 0 Å². The molecule has 0 aliphatic heterocycles. The smallest absolute Gasteiger partial charge is 0.274 e. The minimum atomic E-state index is -0.311. The van der Waals surface area contributed by atoms with Crippen LogP contribution in [0.1, 0.15) is 10.5 Å². The molecule has 0 radical (unpaired) electrons. The highest BCUT2D eigenvalue weighted by atomic mass is 16.5. The number of ether oxygens (including phenoxy) is 1. The second kappa shape index (κ2) is 9.98. The van der Waals surface area contributed by atoms with Gasteiger partial charge in [-0.1, -0.05) is 24.3 Å². The maximum Gasteiger partial charge on any atom is 0.274 e. The average Bonchev–Trinajstić information content (AvgIpc) is 3.26. The highest BCUT2D eigenvalue weighted by Crippen LogP contribution is 2.38. The second-order valence-corrected chi connectivity index (χ2v) is 8.69. The third kappa shape index (κ3) is 4.79. The molecular weight excluding hydrogens is 466 g/mol. The van der Waals surface area contributed by atoms with Crippen molar-refractivity contribution < 1.29 is 9.53 Å². The number of anilines is 4. The molecule has 0 aliphatic carbocycles. The predicted molar refractivity (Wildman–Crippen MR) is 147 cm³/mol. The van der Waals surface area contributed by atoms with Gasteiger partial charge < -0.3 is 24.8 Å². The van der Waals surface area contributed by atoms with Crippen molar-refractivity contribution in [2.75, 3.05) is 36.7 Å². The molecule has 3 aromatic heterocycles. The minimum absolute atomic E-state index is 0.311. The van der Waals surface area contributed by atoms with Crippen molar-refractivity contribution in [1.29, 1.82) is 0 Å². The number of carbonyl (C=O) groups excluding carboxylic acids is 1. The fourth-order valence-corrected chi connectivity index (χ4v) is 4.22. The summed E-state index contributed by atoms with van der Waals surface area (Å²) in [5.41, 5.74) is 5.23. The number of benzene rings is 2. The topological polar surface area (TPSA) is 97.2 Å². The number of amides is 1. The molecule has 0 aliphatic rings. The molecule has 5 rings (SSSR count). The summed E-state index contributed by atoms with van der Waals surface area (Å²) < 4.78 is 7.74. The van der Waals surface area contributed by atoms with E-state index in [2.05, 4.69) is 43.5 Å². The van der Waals surface area contributed by atoms with Crippen LogP contribution in [0.2, 0.25) is 0 Å². The fourth-order valence-electron chi connectivity index (χ4n) is 4.22. The molecule has 0 spiro atoms. The maximum absolute atomic E-state index is 12.9. The fraction of sp³-hybridized carbons (Fsp3) is 0.143. The number of carbonyl (C=O) groups is 1. The number of rotatable bonds is 7. The lowest BCUT2D eigenvalue weighted by atomic mass is 10.1. The number of nitrogens with zero attached hydrogens (tertiary/aromatic N) is 5. The summed E-state index contributed by atoms with van der Waals surface area (Å²) in [6, 6.07) is 19.0. The number of hydrogen-bond acceptors (Lipinski definition) is 7. The van der Waals surface area contributed by atoms with E-state index in [0.717, 1.165) is 27.8 Å². The Morgan fingerprint density at radius 2 is 1.78 bits per heavy atom. The largest absolute Gasteiger partial charge is 0.494 e. The Hall–Kier alpha value is -4.92. The van der Waals surface area contributed by atoms with Gasteiger partial charge >= 0.3 is 0 Å². The molecule has 0 unspecified atom stereocenters. The summed E-state index contributed by atoms with van der Waals surface area (Å²) in [4.78, 5) is 28.1. The number of methoxy groups -OCH3 is 1. The van der Waals surface area contributed by atoms with E-state index in [1.807, 2.05) is 56.4 Å². The van der Waals surface area contributed by atoms with Crippen LogP contribution in [0.15, 0.2) is 79.3 Å². The molecule has 9 nitrogen and oxygen atoms in total. The number of fused-ring (bicyclic) bond motifs is 1. The molecule has 0 atom stereocenters. The minimum Gasteiger partial charge on any atom is -0.494 e. The maximum atomic E-state index is 12.9. The van der Waals surface area contributed by atoms with E-state index >= 15 is 0 Å². The molecule has 5 aromatic rings. The van der Waals surface area contributed by atoms with Crippen molar-refractivity contribution in [2.45, 2.75) is 0 Å². The zero-order valence-corrected chi connectivity index (χ0v) is 21.1. The highest BCUT2D eigenvalue weighted by Gasteiger charge is 2.17. The zero-order valence-electron chi connectivity index (χ0n) is 21.1. The Balaban J connectivity index is 1.51. The van der Waals surface area contributed by atoms with Gasteiger partial charge in [-0.15, -0.1) is 0 Å². The third-order valence-electron chi connectivity index (χ3n) is 6.02. The molecule has 3 heterocycles. The summed E-state index contributed by atoms with van der Waals surface area (Å²) >= 11 is 0. The molecule has 0 fully saturated rings. The molecule has 186 valence electrons. The Kier molecular flexibility index (Phi) is 6.42. The molecule has 0 saturated carbocycles. The van der Waals surface area contributed by atoms with Crippen molar-refractivity contribution in [2.24, 2.45) is 7.05 Å². The zero-order chi connectivity index (χ0) is 25.9. The predicted octanol–water partition coefficient (Wildman–Crippen LogP) is 5.10. The van der Waals surface area contributed by atoms with E-state index in [0.29, 0.717) is 28.8 Å². The number of pyridine rings is 1. The summed E-state index contributed by atoms with van der Waals surface area (Å²) in [6.07, 6.45) is 5.37. The van der Waals surface area contributed by atoms with Gasteiger partial charge in [0.15, 0.2) is 0 Å². The lowest BCUT2D eigenvalue weighted by molar-refractivity contribution is 0.102. The van der Waals surface area contributed by atoms with Crippen LogP contribution < -0.4 is 20.3 Å². The molecule has 1 amide bonds. The molecule has 0 saturated heterocycles. The first-order valence-corrected chi connectivity index (χ1v) is 11.7. The summed E-state index contributed by atoms with van der Waals surface area (Å²) in [5, 5.41) is 7.35. The highest BCUT2D eigenvalue weighted by molar-refractivity contribution is 6.05. The van der Waals surface area contributed by atoms with Gasteiger partial charge in [-0.2, -0.15) is 0 Å². The van der Waals surface area contributed by atoms with Crippen LogP contribution in [0.5, 0.6) is 5.75 Å². The quantitative estimate of drug-likeness (QED) is 0.326. The molecule has 2 N–H and O–H groups in total. The van der Waals surface area contributed by atoms with Crippen LogP contribution in [0.4, 0.5) is 23.0 Å². The van der Waals surface area contributed by atoms with Crippen LogP contribution in [-0.4, -0.2) is 46.6 Å². The Bertz CT molecular complexity index is 1580. The van der Waals surface area contributed by atoms with Gasteiger partial charge in [0, 0.05) is 62.3 Å². The number of para-hydroxylation sites is 1. The molecular formula is C28H27N7O2. The second-order valence-electron chi connectivity index (χ2n) is 8.69. The molecule has 2 aromatic carbocycles. The first-order chi connectivity index (χ1) is 17.9. The van der Waals surface area contributed by atoms with Crippen molar-refractivity contribution in [3.8, 4) is 17.0 Å². The van der Waals surface area contributed by atoms with Gasteiger partial charge in [0.25, 0.3) is 5.91 Å². The van der Waals surface area contributed by atoms with Crippen LogP contribution in [0.3, 0.4) is 0 Å². The number of nitrogens with one attached hydrogen (secondary N) is 2. The van der Waals surface area contributed by atoms with Gasteiger partial charge in [-0.25, -0.2) is 9.97 Å². The van der Waals surface area contributed by atoms with Crippen molar-refractivity contribution in [3.05, 3.63) is 84.9 Å². The SMILES string of the molecule is COc1cc(N(C)C)c(NC(=O)c2ccccn2)cc1Nc1nccc(-c2cn(C)c3ccccc23)n1. The first-order valence-electron chi connectivity index (χ1n) is 11.7. The summed E-state index contributed by atoms with van der Waals surface area (Å²) in [7, 11) is 7.41. The third-order valence-corrected chi connectivity index (χ3v) is 6.02. The first kappa shape index (κ1) is 23.8. The Morgan fingerprint density at radius 3 is 2.54 bits per heavy atom. The van der Waals surface area contributed by atoms with Gasteiger partial charge in [0.05, 0.1) is 29.9 Å². The van der Waals surface area contributed by atoms with Gasteiger partial charge in [-0.3, -0.25) is 9.78 Å². The number of hydrogen-bond donors (Lipinski definition) is 2. The standard InChI is InChI=1S/C28H27N7O2/c1-34(2)25-16-26(37-4)23(15-22(25)31-27(36)21-10-7-8-13-29-21)33-28-30-14-12-20(32-28)19-17-35(3)24-11-6-5-9-18(19)24/h5-17H,1-4H3,(H,31,36)(H,30,32,33). The van der Waals surface area contributed by atoms with E-state index < -0.39 is 0 Å². The normalized spacial score (nSPS) is 10.8. The molecule has 37 heavy (non-hydrogen) atoms. The Morgan fingerprint density at radius 1 is 0.973 bits per heavy atom. The van der Waals surface area contributed by atoms with Gasteiger partial charge in [-0.05, 0) is 30.3 Å². The average molecular weight is 494 g/mol. The summed E-state index contributed by atoms with van der Waals surface area (Å²) in [5.74, 6) is 0.677. The van der Waals surface area contributed by atoms with Crippen LogP contribution in [-0.2, 0) is 7.05 Å². The van der Waals surface area contributed by atoms with Gasteiger partial charge in [0.2, 0.25) is 5.95 Å². The van der Waals surface area contributed by atoms with Crippen molar-refractivity contribution in [3.63, 3.8) is 0 Å². The van der Waals surface area contributed by atoms with E-state index in [4.69, 9.17) is 9.72 Å². The van der Waals surface area contributed by atoms with Crippen LogP contribution >= 0.6 is 0 Å². The van der Waals surface area contributed by atoms with E-state index in [-0.39, 0.29) is 5.91 Å². The summed E-state index contributed by atoms with van der Waals surface area (Å²) in [6.45, 7) is 0. The van der Waals surface area contributed by atoms with Crippen LogP contribution in [0, 0.1) is 0 Å². The van der Waals surface area contributed by atoms with Gasteiger partial charge in [0.1, 0.15) is 11.4 Å². The Labute approximate surface area is 214 Å². The lowest BCUT2D eigenvalue weighted by Crippen LogP contribution is -2.18. The molecule has 9 heteroatoms. The molecule has 0 bridgehead atoms. The van der Waals surface area contributed by atoms with E-state index in [1.54, 1.807) is 37.7 Å². The monoisotopic (exact) mass is 493 g/mol.